The minimum atomic E-state index is 0.125. The van der Waals surface area contributed by atoms with Crippen LogP contribution in [0.3, 0.4) is 0 Å². The molecular formula is C17H24N2O. The molecule has 0 atom stereocenters. The highest BCUT2D eigenvalue weighted by Crippen LogP contribution is 2.46. The van der Waals surface area contributed by atoms with Gasteiger partial charge >= 0.3 is 0 Å². The van der Waals surface area contributed by atoms with Crippen molar-refractivity contribution in [3.8, 4) is 0 Å². The molecular weight excluding hydrogens is 248 g/mol. The molecule has 3 heteroatoms. The predicted molar refractivity (Wildman–Crippen MR) is 81.2 cm³/mol. The smallest absolute Gasteiger partial charge is 0.180 e. The molecule has 1 aliphatic heterocycles. The highest BCUT2D eigenvalue weighted by atomic mass is 16.1. The third kappa shape index (κ3) is 2.58. The van der Waals surface area contributed by atoms with Crippen molar-refractivity contribution in [3.63, 3.8) is 0 Å². The number of aromatic nitrogens is 1. The van der Waals surface area contributed by atoms with Crippen molar-refractivity contribution in [3.05, 3.63) is 24.0 Å². The van der Waals surface area contributed by atoms with E-state index in [4.69, 9.17) is 0 Å². The van der Waals surface area contributed by atoms with Gasteiger partial charge < -0.3 is 4.90 Å². The molecule has 0 N–H and O–H groups in total. The molecule has 1 saturated carbocycles. The first-order valence-electron chi connectivity index (χ1n) is 7.97. The van der Waals surface area contributed by atoms with Gasteiger partial charge in [-0.2, -0.15) is 0 Å². The molecule has 2 heterocycles. The highest BCUT2D eigenvalue weighted by molar-refractivity contribution is 5.94. The topological polar surface area (TPSA) is 33.2 Å². The van der Waals surface area contributed by atoms with Crippen molar-refractivity contribution in [1.82, 2.24) is 4.98 Å². The van der Waals surface area contributed by atoms with Crippen molar-refractivity contribution in [1.29, 1.82) is 0 Å². The lowest BCUT2D eigenvalue weighted by atomic mass is 9.77. The maximum absolute atomic E-state index is 11.6. The van der Waals surface area contributed by atoms with E-state index in [0.717, 1.165) is 13.1 Å². The van der Waals surface area contributed by atoms with Gasteiger partial charge in [0.05, 0.1) is 11.9 Å². The summed E-state index contributed by atoms with van der Waals surface area (Å²) in [5, 5.41) is 0. The van der Waals surface area contributed by atoms with Gasteiger partial charge in [0, 0.05) is 19.5 Å². The van der Waals surface area contributed by atoms with E-state index in [1.165, 1.54) is 44.2 Å². The Hall–Kier alpha value is -1.38. The summed E-state index contributed by atoms with van der Waals surface area (Å²) >= 11 is 0. The van der Waals surface area contributed by atoms with E-state index < -0.39 is 0 Å². The van der Waals surface area contributed by atoms with Gasteiger partial charge in [0.25, 0.3) is 0 Å². The molecule has 0 radical (unpaired) electrons. The third-order valence-electron chi connectivity index (χ3n) is 5.21. The van der Waals surface area contributed by atoms with Crippen LogP contribution >= 0.6 is 0 Å². The van der Waals surface area contributed by atoms with Crippen LogP contribution in [0.1, 0.15) is 62.4 Å². The summed E-state index contributed by atoms with van der Waals surface area (Å²) in [6, 6.07) is 3.93. The molecule has 2 aliphatic rings. The molecule has 1 aliphatic carbocycles. The van der Waals surface area contributed by atoms with E-state index >= 15 is 0 Å². The lowest BCUT2D eigenvalue weighted by Gasteiger charge is -2.40. The normalized spacial score (nSPS) is 21.4. The predicted octanol–water partition coefficient (Wildman–Crippen LogP) is 3.83. The Labute approximate surface area is 121 Å². The van der Waals surface area contributed by atoms with E-state index in [9.17, 15) is 4.79 Å². The number of anilines is 1. The monoisotopic (exact) mass is 272 g/mol. The Morgan fingerprint density at radius 1 is 1.20 bits per heavy atom. The molecule has 1 spiro atoms. The minimum absolute atomic E-state index is 0.125. The summed E-state index contributed by atoms with van der Waals surface area (Å²) < 4.78 is 0. The molecule has 0 bridgehead atoms. The van der Waals surface area contributed by atoms with Crippen molar-refractivity contribution in [2.24, 2.45) is 5.41 Å². The SMILES string of the molecule is CCC(=O)c1ccc(N2CCC3(CCCC3)CC2)cn1. The number of hydrogen-bond acceptors (Lipinski definition) is 3. The van der Waals surface area contributed by atoms with Gasteiger partial charge in [0.2, 0.25) is 0 Å². The van der Waals surface area contributed by atoms with E-state index in [1.54, 1.807) is 0 Å². The van der Waals surface area contributed by atoms with Crippen LogP contribution in [0.15, 0.2) is 18.3 Å². The zero-order valence-electron chi connectivity index (χ0n) is 12.4. The van der Waals surface area contributed by atoms with Gasteiger partial charge in [-0.1, -0.05) is 19.8 Å². The Morgan fingerprint density at radius 2 is 1.90 bits per heavy atom. The molecule has 108 valence electrons. The fourth-order valence-corrected chi connectivity index (χ4v) is 3.78. The first-order valence-corrected chi connectivity index (χ1v) is 7.97. The largest absolute Gasteiger partial charge is 0.370 e. The lowest BCUT2D eigenvalue weighted by molar-refractivity contribution is 0.0983. The molecule has 1 aromatic rings. The van der Waals surface area contributed by atoms with Crippen molar-refractivity contribution in [2.75, 3.05) is 18.0 Å². The first-order chi connectivity index (χ1) is 9.72. The quantitative estimate of drug-likeness (QED) is 0.784. The van der Waals surface area contributed by atoms with Gasteiger partial charge in [-0.25, -0.2) is 0 Å². The number of carbonyl (C=O) groups excluding carboxylic acids is 1. The molecule has 3 rings (SSSR count). The van der Waals surface area contributed by atoms with E-state index in [-0.39, 0.29) is 5.78 Å². The second-order valence-electron chi connectivity index (χ2n) is 6.37. The molecule has 0 aromatic carbocycles. The van der Waals surface area contributed by atoms with Gasteiger partial charge in [0.15, 0.2) is 5.78 Å². The van der Waals surface area contributed by atoms with Crippen molar-refractivity contribution < 1.29 is 4.79 Å². The van der Waals surface area contributed by atoms with Crippen LogP contribution in [-0.2, 0) is 0 Å². The second kappa shape index (κ2) is 5.55. The summed E-state index contributed by atoms with van der Waals surface area (Å²) in [6.07, 6.45) is 10.8. The molecule has 1 saturated heterocycles. The van der Waals surface area contributed by atoms with Crippen LogP contribution < -0.4 is 4.90 Å². The molecule has 0 amide bonds. The summed E-state index contributed by atoms with van der Waals surface area (Å²) in [6.45, 7) is 4.16. The molecule has 20 heavy (non-hydrogen) atoms. The van der Waals surface area contributed by atoms with E-state index in [0.29, 0.717) is 17.5 Å². The molecule has 0 unspecified atom stereocenters. The Kier molecular flexibility index (Phi) is 3.77. The van der Waals surface area contributed by atoms with Crippen LogP contribution in [0.5, 0.6) is 0 Å². The minimum Gasteiger partial charge on any atom is -0.370 e. The number of carbonyl (C=O) groups is 1. The van der Waals surface area contributed by atoms with Crippen LogP contribution in [0.25, 0.3) is 0 Å². The number of pyridine rings is 1. The fraction of sp³-hybridized carbons (Fsp3) is 0.647. The highest BCUT2D eigenvalue weighted by Gasteiger charge is 2.36. The van der Waals surface area contributed by atoms with E-state index in [2.05, 4.69) is 16.0 Å². The molecule has 3 nitrogen and oxygen atoms in total. The number of hydrogen-bond donors (Lipinski definition) is 0. The van der Waals surface area contributed by atoms with Crippen LogP contribution in [0.2, 0.25) is 0 Å². The van der Waals surface area contributed by atoms with Crippen LogP contribution in [0, 0.1) is 5.41 Å². The number of piperidine rings is 1. The van der Waals surface area contributed by atoms with Gasteiger partial charge in [-0.05, 0) is 43.2 Å². The summed E-state index contributed by atoms with van der Waals surface area (Å²) in [5.74, 6) is 0.125. The number of Topliss-reactive ketones (excluding diaryl/α,β-unsaturated/α-hetero) is 1. The van der Waals surface area contributed by atoms with Crippen molar-refractivity contribution in [2.45, 2.75) is 51.9 Å². The summed E-state index contributed by atoms with van der Waals surface area (Å²) in [4.78, 5) is 18.3. The fourth-order valence-electron chi connectivity index (χ4n) is 3.78. The summed E-state index contributed by atoms with van der Waals surface area (Å²) in [7, 11) is 0. The second-order valence-corrected chi connectivity index (χ2v) is 6.37. The maximum Gasteiger partial charge on any atom is 0.180 e. The molecule has 1 aromatic heterocycles. The van der Waals surface area contributed by atoms with Crippen LogP contribution in [-0.4, -0.2) is 23.9 Å². The van der Waals surface area contributed by atoms with Gasteiger partial charge in [0.1, 0.15) is 5.69 Å². The average Bonchev–Trinajstić information content (AvgIpc) is 2.96. The number of ketones is 1. The van der Waals surface area contributed by atoms with Crippen molar-refractivity contribution >= 4 is 11.5 Å². The Balaban J connectivity index is 1.64. The number of rotatable bonds is 3. The Bertz CT molecular complexity index is 464. The molecule has 2 fully saturated rings. The van der Waals surface area contributed by atoms with E-state index in [1.807, 2.05) is 19.2 Å². The van der Waals surface area contributed by atoms with Gasteiger partial charge in [-0.3, -0.25) is 9.78 Å². The summed E-state index contributed by atoms with van der Waals surface area (Å²) in [5.41, 5.74) is 2.42. The maximum atomic E-state index is 11.6. The lowest BCUT2D eigenvalue weighted by Crippen LogP contribution is -2.38. The third-order valence-corrected chi connectivity index (χ3v) is 5.21. The van der Waals surface area contributed by atoms with Gasteiger partial charge in [-0.15, -0.1) is 0 Å². The first kappa shape index (κ1) is 13.6. The zero-order chi connectivity index (χ0) is 14.0. The number of nitrogens with zero attached hydrogens (tertiary/aromatic N) is 2. The van der Waals surface area contributed by atoms with Crippen LogP contribution in [0.4, 0.5) is 5.69 Å². The Morgan fingerprint density at radius 3 is 2.45 bits per heavy atom. The zero-order valence-corrected chi connectivity index (χ0v) is 12.4. The standard InChI is InChI=1S/C17H24N2O/c1-2-16(20)15-6-5-14(13-18-15)19-11-9-17(10-12-19)7-3-4-8-17/h5-6,13H,2-4,7-12H2,1H3. The average molecular weight is 272 g/mol.